The van der Waals surface area contributed by atoms with Crippen LogP contribution in [0.25, 0.3) is 10.8 Å². The molecular formula is C10H6Br2O. The minimum Gasteiger partial charge on any atom is -0.507 e. The molecule has 0 spiro atoms. The Labute approximate surface area is 92.6 Å². The van der Waals surface area contributed by atoms with Crippen LogP contribution < -0.4 is 0 Å². The van der Waals surface area contributed by atoms with Crippen molar-refractivity contribution in [1.29, 1.82) is 0 Å². The maximum absolute atomic E-state index is 9.55. The highest BCUT2D eigenvalue weighted by atomic mass is 79.9. The fourth-order valence-corrected chi connectivity index (χ4v) is 2.10. The van der Waals surface area contributed by atoms with Gasteiger partial charge in [-0.2, -0.15) is 0 Å². The maximum atomic E-state index is 9.55. The minimum absolute atomic E-state index is 0.311. The van der Waals surface area contributed by atoms with Gasteiger partial charge in [-0.1, -0.05) is 12.1 Å². The van der Waals surface area contributed by atoms with E-state index in [-0.39, 0.29) is 0 Å². The SMILES string of the molecule is Oc1cccc2c(Br)c(Br)ccc12. The topological polar surface area (TPSA) is 20.2 Å². The number of phenolic OH excluding ortho intramolecular Hbond substituents is 1. The summed E-state index contributed by atoms with van der Waals surface area (Å²) in [5.41, 5.74) is 0. The molecule has 0 amide bonds. The normalized spacial score (nSPS) is 10.6. The monoisotopic (exact) mass is 300 g/mol. The van der Waals surface area contributed by atoms with Crippen molar-refractivity contribution in [2.45, 2.75) is 0 Å². The van der Waals surface area contributed by atoms with Crippen LogP contribution in [-0.2, 0) is 0 Å². The summed E-state index contributed by atoms with van der Waals surface area (Å²) < 4.78 is 1.96. The Kier molecular flexibility index (Phi) is 2.30. The molecule has 1 nitrogen and oxygen atoms in total. The first-order chi connectivity index (χ1) is 6.20. The van der Waals surface area contributed by atoms with Crippen LogP contribution in [0.3, 0.4) is 0 Å². The highest BCUT2D eigenvalue weighted by Gasteiger charge is 2.04. The lowest BCUT2D eigenvalue weighted by atomic mass is 10.1. The number of halogens is 2. The molecule has 0 bridgehead atoms. The zero-order valence-corrected chi connectivity index (χ0v) is 9.76. The van der Waals surface area contributed by atoms with Crippen LogP contribution in [0.4, 0.5) is 0 Å². The largest absolute Gasteiger partial charge is 0.507 e. The molecule has 3 heteroatoms. The molecule has 13 heavy (non-hydrogen) atoms. The van der Waals surface area contributed by atoms with Gasteiger partial charge in [-0.25, -0.2) is 0 Å². The van der Waals surface area contributed by atoms with Crippen LogP contribution in [0.15, 0.2) is 39.3 Å². The van der Waals surface area contributed by atoms with E-state index in [1.807, 2.05) is 24.3 Å². The van der Waals surface area contributed by atoms with Gasteiger partial charge >= 0.3 is 0 Å². The van der Waals surface area contributed by atoms with Crippen LogP contribution in [0.1, 0.15) is 0 Å². The fourth-order valence-electron chi connectivity index (χ4n) is 1.28. The maximum Gasteiger partial charge on any atom is 0.123 e. The lowest BCUT2D eigenvalue weighted by Crippen LogP contribution is -1.76. The van der Waals surface area contributed by atoms with Crippen molar-refractivity contribution in [3.63, 3.8) is 0 Å². The van der Waals surface area contributed by atoms with Crippen LogP contribution in [-0.4, -0.2) is 5.11 Å². The molecule has 0 atom stereocenters. The second kappa shape index (κ2) is 3.31. The van der Waals surface area contributed by atoms with Gasteiger partial charge in [0.1, 0.15) is 5.75 Å². The molecule has 0 fully saturated rings. The molecule has 0 aliphatic heterocycles. The standard InChI is InChI=1S/C10H6Br2O/c11-8-5-4-6-7(10(8)12)2-1-3-9(6)13/h1-5,13H. The number of benzene rings is 2. The van der Waals surface area contributed by atoms with Gasteiger partial charge in [0.05, 0.1) is 0 Å². The van der Waals surface area contributed by atoms with E-state index < -0.39 is 0 Å². The predicted molar refractivity (Wildman–Crippen MR) is 61.0 cm³/mol. The summed E-state index contributed by atoms with van der Waals surface area (Å²) >= 11 is 6.87. The molecular weight excluding hydrogens is 296 g/mol. The Bertz CT molecular complexity index is 466. The lowest BCUT2D eigenvalue weighted by Gasteiger charge is -2.03. The second-order valence-corrected chi connectivity index (χ2v) is 4.38. The molecule has 0 saturated carbocycles. The molecule has 2 aromatic carbocycles. The van der Waals surface area contributed by atoms with Gasteiger partial charge in [-0.05, 0) is 50.1 Å². The third-order valence-corrected chi connectivity index (χ3v) is 3.97. The van der Waals surface area contributed by atoms with Crippen LogP contribution in [0, 0.1) is 0 Å². The summed E-state index contributed by atoms with van der Waals surface area (Å²) in [6, 6.07) is 9.27. The molecule has 0 aromatic heterocycles. The molecule has 2 aromatic rings. The fraction of sp³-hybridized carbons (Fsp3) is 0. The van der Waals surface area contributed by atoms with Gasteiger partial charge in [-0.15, -0.1) is 0 Å². The Balaban J connectivity index is 2.94. The van der Waals surface area contributed by atoms with Crippen molar-refractivity contribution in [2.24, 2.45) is 0 Å². The van der Waals surface area contributed by atoms with Gasteiger partial charge in [0.25, 0.3) is 0 Å². The molecule has 0 aliphatic rings. The highest BCUT2D eigenvalue weighted by Crippen LogP contribution is 2.34. The first kappa shape index (κ1) is 9.03. The molecule has 1 N–H and O–H groups in total. The molecule has 0 heterocycles. The summed E-state index contributed by atoms with van der Waals surface area (Å²) in [4.78, 5) is 0. The van der Waals surface area contributed by atoms with Crippen molar-refractivity contribution in [1.82, 2.24) is 0 Å². The summed E-state index contributed by atoms with van der Waals surface area (Å²) in [5, 5.41) is 11.4. The van der Waals surface area contributed by atoms with Crippen LogP contribution in [0.2, 0.25) is 0 Å². The van der Waals surface area contributed by atoms with E-state index in [1.165, 1.54) is 0 Å². The first-order valence-corrected chi connectivity index (χ1v) is 5.34. The molecule has 0 saturated heterocycles. The Hall–Kier alpha value is -0.540. The molecule has 0 radical (unpaired) electrons. The Morgan fingerprint density at radius 1 is 0.923 bits per heavy atom. The van der Waals surface area contributed by atoms with E-state index >= 15 is 0 Å². The number of rotatable bonds is 0. The quantitative estimate of drug-likeness (QED) is 0.778. The average molecular weight is 302 g/mol. The van der Waals surface area contributed by atoms with E-state index in [1.54, 1.807) is 6.07 Å². The Morgan fingerprint density at radius 3 is 2.46 bits per heavy atom. The smallest absolute Gasteiger partial charge is 0.123 e. The van der Waals surface area contributed by atoms with Gasteiger partial charge in [0, 0.05) is 19.7 Å². The number of aromatic hydroxyl groups is 1. The third-order valence-electron chi connectivity index (χ3n) is 1.93. The number of phenols is 1. The highest BCUT2D eigenvalue weighted by molar-refractivity contribution is 9.13. The zero-order chi connectivity index (χ0) is 9.42. The van der Waals surface area contributed by atoms with Crippen molar-refractivity contribution < 1.29 is 5.11 Å². The predicted octanol–water partition coefficient (Wildman–Crippen LogP) is 4.07. The number of hydrogen-bond donors (Lipinski definition) is 1. The van der Waals surface area contributed by atoms with Crippen LogP contribution in [0.5, 0.6) is 5.75 Å². The van der Waals surface area contributed by atoms with Crippen molar-refractivity contribution in [2.75, 3.05) is 0 Å². The summed E-state index contributed by atoms with van der Waals surface area (Å²) in [7, 11) is 0. The molecule has 2 rings (SSSR count). The van der Waals surface area contributed by atoms with E-state index in [0.29, 0.717) is 5.75 Å². The van der Waals surface area contributed by atoms with E-state index in [9.17, 15) is 5.11 Å². The third kappa shape index (κ3) is 1.46. The average Bonchev–Trinajstić information content (AvgIpc) is 2.12. The van der Waals surface area contributed by atoms with Gasteiger partial charge in [-0.3, -0.25) is 0 Å². The van der Waals surface area contributed by atoms with Crippen LogP contribution >= 0.6 is 31.9 Å². The van der Waals surface area contributed by atoms with Gasteiger partial charge in [0.15, 0.2) is 0 Å². The number of fused-ring (bicyclic) bond motifs is 1. The van der Waals surface area contributed by atoms with Gasteiger partial charge < -0.3 is 5.11 Å². The number of hydrogen-bond acceptors (Lipinski definition) is 1. The zero-order valence-electron chi connectivity index (χ0n) is 6.59. The van der Waals surface area contributed by atoms with Gasteiger partial charge in [0.2, 0.25) is 0 Å². The van der Waals surface area contributed by atoms with E-state index in [4.69, 9.17) is 0 Å². The van der Waals surface area contributed by atoms with E-state index in [0.717, 1.165) is 19.7 Å². The molecule has 0 unspecified atom stereocenters. The van der Waals surface area contributed by atoms with Crippen molar-refractivity contribution in [3.05, 3.63) is 39.3 Å². The lowest BCUT2D eigenvalue weighted by molar-refractivity contribution is 0.481. The van der Waals surface area contributed by atoms with Crippen molar-refractivity contribution >= 4 is 42.6 Å². The summed E-state index contributed by atoms with van der Waals surface area (Å²) in [6.45, 7) is 0. The second-order valence-electron chi connectivity index (χ2n) is 2.73. The molecule has 66 valence electrons. The Morgan fingerprint density at radius 2 is 1.69 bits per heavy atom. The molecule has 0 aliphatic carbocycles. The first-order valence-electron chi connectivity index (χ1n) is 3.76. The summed E-state index contributed by atoms with van der Waals surface area (Å²) in [6.07, 6.45) is 0. The van der Waals surface area contributed by atoms with Crippen molar-refractivity contribution in [3.8, 4) is 5.75 Å². The van der Waals surface area contributed by atoms with E-state index in [2.05, 4.69) is 31.9 Å². The minimum atomic E-state index is 0.311. The summed E-state index contributed by atoms with van der Waals surface area (Å²) in [5.74, 6) is 0.311.